The van der Waals surface area contributed by atoms with E-state index in [1.54, 1.807) is 0 Å². The van der Waals surface area contributed by atoms with Crippen LogP contribution in [0.25, 0.3) is 0 Å². The number of hydrogen-bond donors (Lipinski definition) is 2. The first-order valence-electron chi connectivity index (χ1n) is 4.75. The lowest BCUT2D eigenvalue weighted by Gasteiger charge is -2.13. The Morgan fingerprint density at radius 2 is 2.29 bits per heavy atom. The molecule has 0 aromatic heterocycles. The first-order chi connectivity index (χ1) is 7.95. The van der Waals surface area contributed by atoms with Crippen LogP contribution < -0.4 is 10.5 Å². The molecule has 1 aromatic carbocycles. The molecule has 7 heteroatoms. The van der Waals surface area contributed by atoms with Crippen LogP contribution in [0.15, 0.2) is 18.2 Å². The van der Waals surface area contributed by atoms with Crippen LogP contribution in [0.1, 0.15) is 18.0 Å². The van der Waals surface area contributed by atoms with Crippen molar-refractivity contribution in [2.75, 3.05) is 7.11 Å². The highest BCUT2D eigenvalue weighted by Crippen LogP contribution is 2.29. The van der Waals surface area contributed by atoms with Crippen LogP contribution in [0, 0.1) is 10.1 Å². The van der Waals surface area contributed by atoms with Gasteiger partial charge in [0.15, 0.2) is 0 Å². The van der Waals surface area contributed by atoms with E-state index in [0.717, 1.165) is 0 Å². The van der Waals surface area contributed by atoms with Crippen molar-refractivity contribution in [1.29, 1.82) is 0 Å². The Morgan fingerprint density at radius 1 is 1.65 bits per heavy atom. The summed E-state index contributed by atoms with van der Waals surface area (Å²) in [5.41, 5.74) is 5.82. The third-order valence-electron chi connectivity index (χ3n) is 2.22. The van der Waals surface area contributed by atoms with E-state index in [-0.39, 0.29) is 12.1 Å². The molecule has 0 aliphatic carbocycles. The fraction of sp³-hybridized carbons (Fsp3) is 0.300. The maximum Gasteiger partial charge on any atom is 0.305 e. The number of aliphatic carboxylic acids is 1. The molecule has 3 N–H and O–H groups in total. The Hall–Kier alpha value is -2.15. The SMILES string of the molecule is COc1ccc([N+](=O)[O-])cc1C(N)CC(=O)O. The Morgan fingerprint density at radius 3 is 2.76 bits per heavy atom. The van der Waals surface area contributed by atoms with Crippen LogP contribution in [0.5, 0.6) is 5.75 Å². The number of nitrogens with zero attached hydrogens (tertiary/aromatic N) is 1. The molecule has 0 amide bonds. The number of rotatable bonds is 5. The van der Waals surface area contributed by atoms with Crippen molar-refractivity contribution in [3.63, 3.8) is 0 Å². The lowest BCUT2D eigenvalue weighted by Crippen LogP contribution is -2.16. The molecular weight excluding hydrogens is 228 g/mol. The van der Waals surface area contributed by atoms with Gasteiger partial charge >= 0.3 is 5.97 Å². The number of carboxylic acid groups (broad SMARTS) is 1. The van der Waals surface area contributed by atoms with Gasteiger partial charge in [0.05, 0.1) is 18.5 Å². The minimum atomic E-state index is -1.08. The van der Waals surface area contributed by atoms with Gasteiger partial charge in [-0.05, 0) is 6.07 Å². The molecule has 0 radical (unpaired) electrons. The predicted octanol–water partition coefficient (Wildman–Crippen LogP) is 1.08. The second kappa shape index (κ2) is 5.26. The van der Waals surface area contributed by atoms with Gasteiger partial charge in [-0.15, -0.1) is 0 Å². The van der Waals surface area contributed by atoms with Crippen LogP contribution in [-0.2, 0) is 4.79 Å². The van der Waals surface area contributed by atoms with E-state index in [4.69, 9.17) is 15.6 Å². The summed E-state index contributed by atoms with van der Waals surface area (Å²) in [7, 11) is 1.39. The van der Waals surface area contributed by atoms with Gasteiger partial charge in [-0.25, -0.2) is 0 Å². The van der Waals surface area contributed by atoms with Crippen molar-refractivity contribution in [1.82, 2.24) is 0 Å². The summed E-state index contributed by atoms with van der Waals surface area (Å²) in [5.74, 6) is -0.740. The molecule has 1 aromatic rings. The van der Waals surface area contributed by atoms with Crippen LogP contribution >= 0.6 is 0 Å². The van der Waals surface area contributed by atoms with Gasteiger partial charge in [-0.1, -0.05) is 0 Å². The molecule has 7 nitrogen and oxygen atoms in total. The normalized spacial score (nSPS) is 11.9. The molecule has 0 bridgehead atoms. The predicted molar refractivity (Wildman–Crippen MR) is 58.8 cm³/mol. The molecule has 0 saturated heterocycles. The molecule has 0 aliphatic heterocycles. The number of hydrogen-bond acceptors (Lipinski definition) is 5. The molecule has 0 aliphatic rings. The van der Waals surface area contributed by atoms with Gasteiger partial charge in [0.2, 0.25) is 0 Å². The van der Waals surface area contributed by atoms with Crippen molar-refractivity contribution in [2.45, 2.75) is 12.5 Å². The summed E-state index contributed by atoms with van der Waals surface area (Å²) in [6.07, 6.45) is -0.322. The van der Waals surface area contributed by atoms with E-state index in [1.807, 2.05) is 0 Å². The van der Waals surface area contributed by atoms with E-state index < -0.39 is 16.9 Å². The zero-order chi connectivity index (χ0) is 13.0. The summed E-state index contributed by atoms with van der Waals surface area (Å²) in [6.45, 7) is 0. The van der Waals surface area contributed by atoms with Crippen LogP contribution in [0.2, 0.25) is 0 Å². The van der Waals surface area contributed by atoms with Gasteiger partial charge in [-0.2, -0.15) is 0 Å². The molecular formula is C10H12N2O5. The largest absolute Gasteiger partial charge is 0.496 e. The Kier molecular flexibility index (Phi) is 4.00. The summed E-state index contributed by atoms with van der Waals surface area (Å²) >= 11 is 0. The minimum absolute atomic E-state index is 0.151. The van der Waals surface area contributed by atoms with Crippen LogP contribution in [-0.4, -0.2) is 23.1 Å². The number of carboxylic acids is 1. The number of benzene rings is 1. The fourth-order valence-corrected chi connectivity index (χ4v) is 1.42. The topological polar surface area (TPSA) is 116 Å². The number of methoxy groups -OCH3 is 1. The van der Waals surface area contributed by atoms with Crippen molar-refractivity contribution in [2.24, 2.45) is 5.73 Å². The standard InChI is InChI=1S/C10H12N2O5/c1-17-9-3-2-6(12(15)16)4-7(9)8(11)5-10(13)14/h2-4,8H,5,11H2,1H3,(H,13,14). The maximum atomic E-state index is 10.6. The average Bonchev–Trinajstić information content (AvgIpc) is 2.27. The number of nitro groups is 1. The van der Waals surface area contributed by atoms with Gasteiger partial charge < -0.3 is 15.6 Å². The quantitative estimate of drug-likeness (QED) is 0.587. The highest BCUT2D eigenvalue weighted by atomic mass is 16.6. The summed E-state index contributed by atoms with van der Waals surface area (Å²) < 4.78 is 4.99. The van der Waals surface area contributed by atoms with Gasteiger partial charge in [0.1, 0.15) is 5.75 Å². The summed E-state index contributed by atoms with van der Waals surface area (Å²) in [6, 6.07) is 3.06. The number of ether oxygens (including phenoxy) is 1. The summed E-state index contributed by atoms with van der Waals surface area (Å²) in [4.78, 5) is 20.6. The van der Waals surface area contributed by atoms with E-state index in [9.17, 15) is 14.9 Å². The zero-order valence-corrected chi connectivity index (χ0v) is 9.12. The molecule has 1 rings (SSSR count). The second-order valence-electron chi connectivity index (χ2n) is 3.39. The number of nitrogens with two attached hydrogens (primary N) is 1. The second-order valence-corrected chi connectivity index (χ2v) is 3.39. The Labute approximate surface area is 97.0 Å². The van der Waals surface area contributed by atoms with Crippen LogP contribution in [0.3, 0.4) is 0 Å². The van der Waals surface area contributed by atoms with E-state index >= 15 is 0 Å². The van der Waals surface area contributed by atoms with Crippen molar-refractivity contribution >= 4 is 11.7 Å². The molecule has 0 heterocycles. The molecule has 0 fully saturated rings. The van der Waals surface area contributed by atoms with Gasteiger partial charge in [-0.3, -0.25) is 14.9 Å². The van der Waals surface area contributed by atoms with E-state index in [0.29, 0.717) is 11.3 Å². The van der Waals surface area contributed by atoms with Crippen molar-refractivity contribution < 1.29 is 19.6 Å². The molecule has 0 saturated carbocycles. The molecule has 1 unspecified atom stereocenters. The molecule has 17 heavy (non-hydrogen) atoms. The van der Waals surface area contributed by atoms with E-state index in [2.05, 4.69) is 0 Å². The lowest BCUT2D eigenvalue weighted by molar-refractivity contribution is -0.385. The third kappa shape index (κ3) is 3.15. The molecule has 92 valence electrons. The van der Waals surface area contributed by atoms with Gasteiger partial charge in [0, 0.05) is 23.7 Å². The van der Waals surface area contributed by atoms with Crippen molar-refractivity contribution in [3.8, 4) is 5.75 Å². The Balaban J connectivity index is 3.13. The number of nitro benzene ring substituents is 1. The van der Waals surface area contributed by atoms with Crippen molar-refractivity contribution in [3.05, 3.63) is 33.9 Å². The zero-order valence-electron chi connectivity index (χ0n) is 9.12. The average molecular weight is 240 g/mol. The smallest absolute Gasteiger partial charge is 0.305 e. The first-order valence-corrected chi connectivity index (χ1v) is 4.75. The number of non-ortho nitro benzene ring substituents is 1. The third-order valence-corrected chi connectivity index (χ3v) is 2.22. The highest BCUT2D eigenvalue weighted by Gasteiger charge is 2.18. The highest BCUT2D eigenvalue weighted by molar-refractivity contribution is 5.68. The summed E-state index contributed by atoms with van der Waals surface area (Å²) in [5, 5.41) is 19.2. The lowest BCUT2D eigenvalue weighted by atomic mass is 10.0. The monoisotopic (exact) mass is 240 g/mol. The van der Waals surface area contributed by atoms with Gasteiger partial charge in [0.25, 0.3) is 5.69 Å². The van der Waals surface area contributed by atoms with Crippen LogP contribution in [0.4, 0.5) is 5.69 Å². The Bertz CT molecular complexity index is 446. The first kappa shape index (κ1) is 12.9. The maximum absolute atomic E-state index is 10.6. The van der Waals surface area contributed by atoms with E-state index in [1.165, 1.54) is 25.3 Å². The molecule has 0 spiro atoms. The number of carbonyl (C=O) groups is 1. The minimum Gasteiger partial charge on any atom is -0.496 e. The molecule has 1 atom stereocenters. The fourth-order valence-electron chi connectivity index (χ4n) is 1.42.